The van der Waals surface area contributed by atoms with Crippen LogP contribution in [0.1, 0.15) is 5.56 Å². The van der Waals surface area contributed by atoms with Crippen LogP contribution >= 0.6 is 11.6 Å². The molecule has 6 nitrogen and oxygen atoms in total. The minimum atomic E-state index is -0.398. The summed E-state index contributed by atoms with van der Waals surface area (Å²) in [4.78, 5) is 15.0. The average molecular weight is 385 g/mol. The second-order valence-corrected chi connectivity index (χ2v) is 6.41. The normalized spacial score (nSPS) is 11.1. The predicted octanol–water partition coefficient (Wildman–Crippen LogP) is 3.64. The number of nitrogens with one attached hydrogen (secondary N) is 1. The first-order valence-corrected chi connectivity index (χ1v) is 8.47. The van der Waals surface area contributed by atoms with Gasteiger partial charge in [0, 0.05) is 11.1 Å². The molecule has 27 heavy (non-hydrogen) atoms. The van der Waals surface area contributed by atoms with Crippen molar-refractivity contribution >= 4 is 22.5 Å². The molecule has 4 rings (SSSR count). The molecule has 0 aliphatic heterocycles. The maximum Gasteiger partial charge on any atom is 0.253 e. The van der Waals surface area contributed by atoms with Gasteiger partial charge in [0.1, 0.15) is 17.3 Å². The zero-order chi connectivity index (χ0) is 19.0. The van der Waals surface area contributed by atoms with E-state index in [1.807, 2.05) is 6.07 Å². The van der Waals surface area contributed by atoms with E-state index in [1.54, 1.807) is 42.3 Å². The van der Waals surface area contributed by atoms with Gasteiger partial charge in [-0.2, -0.15) is 0 Å². The number of hydrogen-bond acceptors (Lipinski definition) is 4. The number of aromatic nitrogens is 4. The SMILES string of the molecule is COc1ccc(-c2cn(Cc3cc4ccc(F)cc4[nH]c3=O)nn2)cc1Cl. The van der Waals surface area contributed by atoms with Gasteiger partial charge >= 0.3 is 0 Å². The molecule has 0 fully saturated rings. The molecule has 8 heteroatoms. The van der Waals surface area contributed by atoms with Crippen LogP contribution in [0.25, 0.3) is 22.2 Å². The lowest BCUT2D eigenvalue weighted by Gasteiger charge is -2.04. The number of H-pyrrole nitrogens is 1. The minimum Gasteiger partial charge on any atom is -0.495 e. The van der Waals surface area contributed by atoms with Gasteiger partial charge in [-0.25, -0.2) is 9.07 Å². The number of methoxy groups -OCH3 is 1. The smallest absolute Gasteiger partial charge is 0.253 e. The van der Waals surface area contributed by atoms with Crippen molar-refractivity contribution in [2.75, 3.05) is 7.11 Å². The number of halogens is 2. The topological polar surface area (TPSA) is 72.8 Å². The minimum absolute atomic E-state index is 0.236. The molecule has 0 saturated carbocycles. The summed E-state index contributed by atoms with van der Waals surface area (Å²) in [6, 6.07) is 11.3. The Morgan fingerprint density at radius 1 is 1.22 bits per heavy atom. The highest BCUT2D eigenvalue weighted by molar-refractivity contribution is 6.32. The van der Waals surface area contributed by atoms with Crippen molar-refractivity contribution in [2.24, 2.45) is 0 Å². The second-order valence-electron chi connectivity index (χ2n) is 6.01. The third-order valence-corrected chi connectivity index (χ3v) is 4.50. The van der Waals surface area contributed by atoms with E-state index in [-0.39, 0.29) is 12.1 Å². The monoisotopic (exact) mass is 384 g/mol. The van der Waals surface area contributed by atoms with Crippen molar-refractivity contribution in [3.05, 3.63) is 75.4 Å². The van der Waals surface area contributed by atoms with Crippen molar-refractivity contribution in [1.29, 1.82) is 0 Å². The molecule has 0 amide bonds. The van der Waals surface area contributed by atoms with Crippen molar-refractivity contribution < 1.29 is 9.13 Å². The van der Waals surface area contributed by atoms with E-state index in [1.165, 1.54) is 12.1 Å². The highest BCUT2D eigenvalue weighted by Gasteiger charge is 2.10. The summed E-state index contributed by atoms with van der Waals surface area (Å²) in [7, 11) is 1.55. The van der Waals surface area contributed by atoms with Gasteiger partial charge in [0.25, 0.3) is 5.56 Å². The van der Waals surface area contributed by atoms with E-state index >= 15 is 0 Å². The summed E-state index contributed by atoms with van der Waals surface area (Å²) < 4.78 is 20.0. The van der Waals surface area contributed by atoms with Crippen LogP contribution in [-0.2, 0) is 6.54 Å². The van der Waals surface area contributed by atoms with Crippen LogP contribution in [0.15, 0.2) is 53.5 Å². The largest absolute Gasteiger partial charge is 0.495 e. The maximum absolute atomic E-state index is 13.3. The first-order chi connectivity index (χ1) is 13.0. The molecule has 2 aromatic carbocycles. The van der Waals surface area contributed by atoms with E-state index in [0.717, 1.165) is 10.9 Å². The van der Waals surface area contributed by atoms with Crippen molar-refractivity contribution in [1.82, 2.24) is 20.0 Å². The summed E-state index contributed by atoms with van der Waals surface area (Å²) in [5.41, 5.74) is 2.07. The van der Waals surface area contributed by atoms with Crippen LogP contribution in [0.4, 0.5) is 4.39 Å². The van der Waals surface area contributed by atoms with Gasteiger partial charge in [-0.05, 0) is 47.9 Å². The third kappa shape index (κ3) is 3.41. The number of rotatable bonds is 4. The number of benzene rings is 2. The lowest BCUT2D eigenvalue weighted by atomic mass is 10.1. The van der Waals surface area contributed by atoms with Crippen molar-refractivity contribution in [3.63, 3.8) is 0 Å². The third-order valence-electron chi connectivity index (χ3n) is 4.20. The molecule has 0 atom stereocenters. The Morgan fingerprint density at radius 3 is 2.85 bits per heavy atom. The van der Waals surface area contributed by atoms with Crippen LogP contribution in [0.3, 0.4) is 0 Å². The van der Waals surface area contributed by atoms with Crippen molar-refractivity contribution in [2.45, 2.75) is 6.54 Å². The lowest BCUT2D eigenvalue weighted by Crippen LogP contribution is -2.16. The first kappa shape index (κ1) is 17.2. The number of fused-ring (bicyclic) bond motifs is 1. The lowest BCUT2D eigenvalue weighted by molar-refractivity contribution is 0.415. The molecule has 0 unspecified atom stereocenters. The molecular formula is C19H14ClFN4O2. The summed E-state index contributed by atoms with van der Waals surface area (Å²) in [5, 5.41) is 9.43. The van der Waals surface area contributed by atoms with E-state index < -0.39 is 5.82 Å². The summed E-state index contributed by atoms with van der Waals surface area (Å²) in [6.45, 7) is 0.236. The molecule has 1 N–H and O–H groups in total. The molecule has 0 spiro atoms. The van der Waals surface area contributed by atoms with Crippen LogP contribution in [0.2, 0.25) is 5.02 Å². The fourth-order valence-electron chi connectivity index (χ4n) is 2.84. The zero-order valence-electron chi connectivity index (χ0n) is 14.2. The number of aromatic amines is 1. The van der Waals surface area contributed by atoms with Gasteiger partial charge in [0.15, 0.2) is 0 Å². The highest BCUT2D eigenvalue weighted by Crippen LogP contribution is 2.29. The quantitative estimate of drug-likeness (QED) is 0.583. The predicted molar refractivity (Wildman–Crippen MR) is 101 cm³/mol. The number of hydrogen-bond donors (Lipinski definition) is 1. The molecule has 4 aromatic rings. The molecule has 136 valence electrons. The van der Waals surface area contributed by atoms with Gasteiger partial charge in [0.05, 0.1) is 30.4 Å². The molecule has 0 radical (unpaired) electrons. The van der Waals surface area contributed by atoms with E-state index in [4.69, 9.17) is 16.3 Å². The van der Waals surface area contributed by atoms with Gasteiger partial charge in [-0.3, -0.25) is 4.79 Å². The molecule has 0 bridgehead atoms. The van der Waals surface area contributed by atoms with E-state index in [9.17, 15) is 9.18 Å². The molecule has 0 aliphatic rings. The second kappa shape index (κ2) is 6.85. The van der Waals surface area contributed by atoms with Crippen molar-refractivity contribution in [3.8, 4) is 17.0 Å². The number of pyridine rings is 1. The number of ether oxygens (including phenoxy) is 1. The Labute approximate surface area is 158 Å². The Balaban J connectivity index is 1.64. The van der Waals surface area contributed by atoms with Crippen LogP contribution in [0, 0.1) is 5.82 Å². The molecule has 0 aliphatic carbocycles. The first-order valence-electron chi connectivity index (χ1n) is 8.09. The Bertz CT molecular complexity index is 1200. The summed E-state index contributed by atoms with van der Waals surface area (Å²) in [6.07, 6.45) is 1.73. The summed E-state index contributed by atoms with van der Waals surface area (Å²) >= 11 is 6.15. The standard InChI is InChI=1S/C19H14ClFN4O2/c1-27-18-5-3-12(7-15(18)20)17-10-25(24-23-17)9-13-6-11-2-4-14(21)8-16(11)22-19(13)26/h2-8,10H,9H2,1H3,(H,22,26). The average Bonchev–Trinajstić information content (AvgIpc) is 3.11. The Kier molecular flexibility index (Phi) is 4.37. The van der Waals surface area contributed by atoms with Gasteiger partial charge in [-0.15, -0.1) is 5.10 Å². The van der Waals surface area contributed by atoms with Crippen LogP contribution in [-0.4, -0.2) is 27.1 Å². The Hall–Kier alpha value is -3.19. The van der Waals surface area contributed by atoms with Gasteiger partial charge < -0.3 is 9.72 Å². The zero-order valence-corrected chi connectivity index (χ0v) is 15.0. The molecular weight excluding hydrogens is 371 g/mol. The fourth-order valence-corrected chi connectivity index (χ4v) is 3.10. The molecule has 2 aromatic heterocycles. The number of nitrogens with zero attached hydrogens (tertiary/aromatic N) is 3. The highest BCUT2D eigenvalue weighted by atomic mass is 35.5. The maximum atomic E-state index is 13.3. The van der Waals surface area contributed by atoms with Gasteiger partial charge in [-0.1, -0.05) is 16.8 Å². The van der Waals surface area contributed by atoms with E-state index in [0.29, 0.717) is 27.5 Å². The molecule has 0 saturated heterocycles. The fraction of sp³-hybridized carbons (Fsp3) is 0.105. The van der Waals surface area contributed by atoms with Gasteiger partial charge in [0.2, 0.25) is 0 Å². The molecule has 2 heterocycles. The van der Waals surface area contributed by atoms with Crippen LogP contribution < -0.4 is 10.3 Å². The Morgan fingerprint density at radius 2 is 2.07 bits per heavy atom. The van der Waals surface area contributed by atoms with E-state index in [2.05, 4.69) is 15.3 Å². The summed E-state index contributed by atoms with van der Waals surface area (Å²) in [5.74, 6) is 0.178. The van der Waals surface area contributed by atoms with Crippen LogP contribution in [0.5, 0.6) is 5.75 Å².